The van der Waals surface area contributed by atoms with Crippen molar-refractivity contribution < 1.29 is 9.59 Å². The van der Waals surface area contributed by atoms with Crippen LogP contribution in [0.25, 0.3) is 0 Å². The number of aliphatic imine (C=N–C) groups is 1. The lowest BCUT2D eigenvalue weighted by molar-refractivity contribution is -0.127. The van der Waals surface area contributed by atoms with E-state index in [9.17, 15) is 9.59 Å². The number of carbonyl (C=O) groups excluding carboxylic acids is 2. The topological polar surface area (TPSA) is 77.0 Å². The Labute approximate surface area is 132 Å². The van der Waals surface area contributed by atoms with Crippen molar-refractivity contribution in [1.29, 1.82) is 0 Å². The smallest absolute Gasteiger partial charge is 0.325 e. The molecule has 0 aromatic heterocycles. The van der Waals surface area contributed by atoms with E-state index in [1.54, 1.807) is 7.05 Å². The van der Waals surface area contributed by atoms with Crippen LogP contribution < -0.4 is 10.6 Å². The molecule has 2 aliphatic rings. The fourth-order valence-corrected chi connectivity index (χ4v) is 2.71. The number of carbonyl (C=O) groups is 2. The summed E-state index contributed by atoms with van der Waals surface area (Å²) in [5, 5.41) is 5.67. The summed E-state index contributed by atoms with van der Waals surface area (Å²) < 4.78 is 0. The van der Waals surface area contributed by atoms with Crippen LogP contribution in [-0.4, -0.2) is 60.0 Å². The zero-order valence-corrected chi connectivity index (χ0v) is 13.9. The molecule has 0 aromatic rings. The summed E-state index contributed by atoms with van der Waals surface area (Å²) in [5.74, 6) is 1.04. The molecule has 2 fully saturated rings. The molecule has 7 heteroatoms. The first-order chi connectivity index (χ1) is 10.5. The Morgan fingerprint density at radius 3 is 2.68 bits per heavy atom. The van der Waals surface area contributed by atoms with Gasteiger partial charge in [-0.25, -0.2) is 4.79 Å². The third kappa shape index (κ3) is 3.34. The van der Waals surface area contributed by atoms with Crippen LogP contribution in [0, 0.1) is 5.92 Å². The monoisotopic (exact) mass is 309 g/mol. The van der Waals surface area contributed by atoms with E-state index in [2.05, 4.69) is 36.4 Å². The zero-order chi connectivity index (χ0) is 16.3. The van der Waals surface area contributed by atoms with Gasteiger partial charge in [0, 0.05) is 20.1 Å². The van der Waals surface area contributed by atoms with Crippen molar-refractivity contribution in [2.75, 3.05) is 20.1 Å². The molecule has 2 N–H and O–H groups in total. The number of unbranched alkanes of at least 4 members (excludes halogenated alkanes) is 1. The molecule has 2 saturated heterocycles. The first-order valence-corrected chi connectivity index (χ1v) is 8.11. The van der Waals surface area contributed by atoms with Gasteiger partial charge in [0.15, 0.2) is 12.0 Å². The molecule has 2 atom stereocenters. The van der Waals surface area contributed by atoms with E-state index in [0.29, 0.717) is 5.92 Å². The Hall–Kier alpha value is -1.79. The zero-order valence-electron chi connectivity index (χ0n) is 13.9. The molecule has 0 saturated carbocycles. The quantitative estimate of drug-likeness (QED) is 0.717. The number of hydrogen-bond acceptors (Lipinski definition) is 3. The van der Waals surface area contributed by atoms with Crippen LogP contribution in [0.1, 0.15) is 40.0 Å². The number of rotatable bonds is 6. The van der Waals surface area contributed by atoms with E-state index in [4.69, 9.17) is 0 Å². The van der Waals surface area contributed by atoms with Crippen LogP contribution in [0.15, 0.2) is 4.99 Å². The van der Waals surface area contributed by atoms with Crippen molar-refractivity contribution in [2.45, 2.75) is 52.2 Å². The lowest BCUT2D eigenvalue weighted by Crippen LogP contribution is -2.64. The molecule has 2 heterocycles. The number of likely N-dealkylation sites (N-methyl/N-ethyl adjacent to an activating group) is 1. The average molecular weight is 309 g/mol. The molecule has 124 valence electrons. The van der Waals surface area contributed by atoms with Crippen molar-refractivity contribution in [2.24, 2.45) is 10.9 Å². The lowest BCUT2D eigenvalue weighted by Gasteiger charge is -2.35. The number of nitrogens with one attached hydrogen (secondary N) is 2. The number of imide groups is 1. The first kappa shape index (κ1) is 16.6. The highest BCUT2D eigenvalue weighted by molar-refractivity contribution is 6.04. The molecular formula is C15H27N5O2. The molecule has 2 aliphatic heterocycles. The van der Waals surface area contributed by atoms with Gasteiger partial charge in [0.25, 0.3) is 5.91 Å². The molecule has 7 nitrogen and oxygen atoms in total. The second kappa shape index (κ2) is 6.98. The van der Waals surface area contributed by atoms with E-state index < -0.39 is 6.04 Å². The molecule has 0 spiro atoms. The molecular weight excluding hydrogens is 282 g/mol. The van der Waals surface area contributed by atoms with Crippen molar-refractivity contribution in [3.63, 3.8) is 0 Å². The van der Waals surface area contributed by atoms with Crippen LogP contribution in [0.5, 0.6) is 0 Å². The standard InChI is InChI=1S/C15H27N5O2/c1-5-6-8-16-14-17-12-11(20(14)9-7-10(2)3)13(21)18-15(22)19(12)4/h10-12H,5-9H2,1-4H3,(H,16,17)(H,18,21,22). The predicted molar refractivity (Wildman–Crippen MR) is 85.4 cm³/mol. The van der Waals surface area contributed by atoms with E-state index in [1.807, 2.05) is 4.90 Å². The molecule has 3 amide bonds. The number of fused-ring (bicyclic) bond motifs is 1. The summed E-state index contributed by atoms with van der Waals surface area (Å²) in [6, 6.07) is -0.765. The van der Waals surface area contributed by atoms with Crippen LogP contribution in [0.3, 0.4) is 0 Å². The van der Waals surface area contributed by atoms with Gasteiger partial charge >= 0.3 is 6.03 Å². The van der Waals surface area contributed by atoms with Gasteiger partial charge in [0.2, 0.25) is 0 Å². The maximum Gasteiger partial charge on any atom is 0.325 e. The molecule has 0 radical (unpaired) electrons. The third-order valence-corrected chi connectivity index (χ3v) is 4.14. The Morgan fingerprint density at radius 2 is 2.05 bits per heavy atom. The summed E-state index contributed by atoms with van der Waals surface area (Å²) in [7, 11) is 1.70. The van der Waals surface area contributed by atoms with E-state index >= 15 is 0 Å². The minimum Gasteiger partial charge on any atom is -0.334 e. The van der Waals surface area contributed by atoms with E-state index in [-0.39, 0.29) is 18.1 Å². The third-order valence-electron chi connectivity index (χ3n) is 4.14. The maximum absolute atomic E-state index is 12.3. The summed E-state index contributed by atoms with van der Waals surface area (Å²) >= 11 is 0. The van der Waals surface area contributed by atoms with Gasteiger partial charge in [0.1, 0.15) is 6.17 Å². The van der Waals surface area contributed by atoms with Gasteiger partial charge in [-0.05, 0) is 18.8 Å². The van der Waals surface area contributed by atoms with Crippen LogP contribution >= 0.6 is 0 Å². The fraction of sp³-hybridized carbons (Fsp3) is 0.800. The van der Waals surface area contributed by atoms with Crippen LogP contribution in [0.2, 0.25) is 0 Å². The van der Waals surface area contributed by atoms with Gasteiger partial charge in [0.05, 0.1) is 0 Å². The summed E-state index contributed by atoms with van der Waals surface area (Å²) in [6.07, 6.45) is 2.73. The molecule has 0 aromatic carbocycles. The van der Waals surface area contributed by atoms with Crippen molar-refractivity contribution in [3.05, 3.63) is 0 Å². The number of hydrogen-bond donors (Lipinski definition) is 2. The Bertz CT molecular complexity index is 463. The second-order valence-corrected chi connectivity index (χ2v) is 6.37. The van der Waals surface area contributed by atoms with Crippen molar-refractivity contribution >= 4 is 17.9 Å². The highest BCUT2D eigenvalue weighted by Gasteiger charge is 2.49. The Morgan fingerprint density at radius 1 is 1.32 bits per heavy atom. The van der Waals surface area contributed by atoms with E-state index in [0.717, 1.165) is 38.3 Å². The van der Waals surface area contributed by atoms with Gasteiger partial charge in [-0.3, -0.25) is 15.1 Å². The van der Waals surface area contributed by atoms with Gasteiger partial charge in [-0.1, -0.05) is 27.2 Å². The summed E-state index contributed by atoms with van der Waals surface area (Å²) in [6.45, 7) is 7.93. The number of nitrogens with zero attached hydrogens (tertiary/aromatic N) is 3. The van der Waals surface area contributed by atoms with Crippen LogP contribution in [-0.2, 0) is 4.79 Å². The fourth-order valence-electron chi connectivity index (χ4n) is 2.71. The van der Waals surface area contributed by atoms with Crippen molar-refractivity contribution in [3.8, 4) is 0 Å². The minimum atomic E-state index is -0.401. The van der Waals surface area contributed by atoms with Crippen LogP contribution in [0.4, 0.5) is 4.79 Å². The number of amides is 3. The summed E-state index contributed by atoms with van der Waals surface area (Å²) in [5.41, 5.74) is 0. The van der Waals surface area contributed by atoms with Gasteiger partial charge < -0.3 is 15.1 Å². The second-order valence-electron chi connectivity index (χ2n) is 6.37. The Balaban J connectivity index is 2.20. The lowest BCUT2D eigenvalue weighted by atomic mass is 10.1. The molecule has 22 heavy (non-hydrogen) atoms. The number of guanidine groups is 1. The molecule has 2 rings (SSSR count). The highest BCUT2D eigenvalue weighted by Crippen LogP contribution is 2.21. The highest BCUT2D eigenvalue weighted by atomic mass is 16.2. The Kier molecular flexibility index (Phi) is 5.26. The van der Waals surface area contributed by atoms with Gasteiger partial charge in [-0.2, -0.15) is 0 Å². The summed E-state index contributed by atoms with van der Waals surface area (Å²) in [4.78, 5) is 32.2. The molecule has 2 unspecified atom stereocenters. The predicted octanol–water partition coefficient (Wildman–Crippen LogP) is 0.970. The molecule has 0 aliphatic carbocycles. The molecule has 0 bridgehead atoms. The SMILES string of the molecule is CCCCN=C1NC2C(C(=O)NC(=O)N2C)N1CCC(C)C. The maximum atomic E-state index is 12.3. The normalized spacial score (nSPS) is 26.5. The van der Waals surface area contributed by atoms with Gasteiger partial charge in [-0.15, -0.1) is 0 Å². The largest absolute Gasteiger partial charge is 0.334 e. The van der Waals surface area contributed by atoms with Crippen molar-refractivity contribution in [1.82, 2.24) is 20.4 Å². The first-order valence-electron chi connectivity index (χ1n) is 8.11. The average Bonchev–Trinajstić information content (AvgIpc) is 2.82. The minimum absolute atomic E-state index is 0.245. The number of urea groups is 1. The van der Waals surface area contributed by atoms with E-state index in [1.165, 1.54) is 4.90 Å².